The van der Waals surface area contributed by atoms with Crippen LogP contribution in [0.1, 0.15) is 23.0 Å². The molecule has 1 amide bonds. The van der Waals surface area contributed by atoms with Crippen molar-refractivity contribution < 1.29 is 9.21 Å². The number of hydrogen-bond acceptors (Lipinski definition) is 3. The minimum absolute atomic E-state index is 0.267. The maximum atomic E-state index is 11.9. The molecule has 0 bridgehead atoms. The summed E-state index contributed by atoms with van der Waals surface area (Å²) in [5.74, 6) is 0.730. The van der Waals surface area contributed by atoms with E-state index in [-0.39, 0.29) is 5.91 Å². The SMILES string of the molecule is CCc1occc1C(=O)Nc1ncccc1Cl. The van der Waals surface area contributed by atoms with Crippen LogP contribution in [0.2, 0.25) is 5.02 Å². The van der Waals surface area contributed by atoms with Crippen LogP contribution in [0, 0.1) is 0 Å². The molecule has 2 aromatic heterocycles. The highest BCUT2D eigenvalue weighted by molar-refractivity contribution is 6.33. The Morgan fingerprint density at radius 3 is 3.06 bits per heavy atom. The molecule has 0 saturated heterocycles. The highest BCUT2D eigenvalue weighted by Gasteiger charge is 2.14. The van der Waals surface area contributed by atoms with Crippen molar-refractivity contribution in [2.24, 2.45) is 0 Å². The van der Waals surface area contributed by atoms with Crippen molar-refractivity contribution >= 4 is 23.3 Å². The normalized spacial score (nSPS) is 10.2. The molecule has 5 heteroatoms. The molecule has 88 valence electrons. The number of halogens is 1. The molecule has 2 aromatic rings. The molecule has 0 atom stereocenters. The standard InChI is InChI=1S/C12H11ClN2O2/c1-2-10-8(5-7-17-10)12(16)15-11-9(13)4-3-6-14-11/h3-7H,2H2,1H3,(H,14,15,16). The zero-order valence-corrected chi connectivity index (χ0v) is 9.99. The van der Waals surface area contributed by atoms with E-state index in [1.165, 1.54) is 6.26 Å². The zero-order chi connectivity index (χ0) is 12.3. The van der Waals surface area contributed by atoms with Crippen LogP contribution >= 0.6 is 11.6 Å². The van der Waals surface area contributed by atoms with Gasteiger partial charge in [0.1, 0.15) is 5.76 Å². The van der Waals surface area contributed by atoms with E-state index in [2.05, 4.69) is 10.3 Å². The predicted octanol–water partition coefficient (Wildman–Crippen LogP) is 3.14. The second-order valence-corrected chi connectivity index (χ2v) is 3.81. The molecule has 0 aromatic carbocycles. The smallest absolute Gasteiger partial charge is 0.260 e. The van der Waals surface area contributed by atoms with E-state index in [0.717, 1.165) is 0 Å². The Morgan fingerprint density at radius 2 is 2.35 bits per heavy atom. The van der Waals surface area contributed by atoms with Gasteiger partial charge in [-0.3, -0.25) is 4.79 Å². The van der Waals surface area contributed by atoms with Crippen LogP contribution in [0.4, 0.5) is 5.82 Å². The van der Waals surface area contributed by atoms with E-state index >= 15 is 0 Å². The summed E-state index contributed by atoms with van der Waals surface area (Å²) in [5.41, 5.74) is 0.509. The number of furan rings is 1. The van der Waals surface area contributed by atoms with E-state index in [9.17, 15) is 4.79 Å². The van der Waals surface area contributed by atoms with Crippen LogP contribution in [0.15, 0.2) is 35.1 Å². The molecule has 2 heterocycles. The van der Waals surface area contributed by atoms with Crippen LogP contribution in [0.5, 0.6) is 0 Å². The van der Waals surface area contributed by atoms with Crippen molar-refractivity contribution in [3.63, 3.8) is 0 Å². The first kappa shape index (κ1) is 11.7. The molecule has 0 aliphatic heterocycles. The van der Waals surface area contributed by atoms with Gasteiger partial charge >= 0.3 is 0 Å². The summed E-state index contributed by atoms with van der Waals surface area (Å²) in [6.45, 7) is 1.92. The summed E-state index contributed by atoms with van der Waals surface area (Å²) in [5, 5.41) is 3.05. The van der Waals surface area contributed by atoms with Gasteiger partial charge < -0.3 is 9.73 Å². The average molecular weight is 251 g/mol. The van der Waals surface area contributed by atoms with Crippen LogP contribution < -0.4 is 5.32 Å². The third-order valence-corrected chi connectivity index (χ3v) is 2.61. The molecule has 0 radical (unpaired) electrons. The first-order chi connectivity index (χ1) is 8.22. The van der Waals surface area contributed by atoms with Crippen LogP contribution in [-0.2, 0) is 6.42 Å². The van der Waals surface area contributed by atoms with E-state index in [1.807, 2.05) is 6.92 Å². The lowest BCUT2D eigenvalue weighted by molar-refractivity contribution is 0.102. The predicted molar refractivity (Wildman–Crippen MR) is 65.3 cm³/mol. The van der Waals surface area contributed by atoms with Gasteiger partial charge in [0.15, 0.2) is 5.82 Å². The summed E-state index contributed by atoms with van der Waals surface area (Å²) in [7, 11) is 0. The fourth-order valence-corrected chi connectivity index (χ4v) is 1.64. The second kappa shape index (κ2) is 5.01. The molecule has 0 unspecified atom stereocenters. The number of aromatic nitrogens is 1. The fraction of sp³-hybridized carbons (Fsp3) is 0.167. The lowest BCUT2D eigenvalue weighted by Crippen LogP contribution is -2.14. The Balaban J connectivity index is 2.20. The summed E-state index contributed by atoms with van der Waals surface area (Å²) in [4.78, 5) is 15.9. The van der Waals surface area contributed by atoms with Gasteiger partial charge in [0.05, 0.1) is 16.8 Å². The fourth-order valence-electron chi connectivity index (χ4n) is 1.47. The van der Waals surface area contributed by atoms with E-state index in [4.69, 9.17) is 16.0 Å². The molecule has 2 rings (SSSR count). The third-order valence-electron chi connectivity index (χ3n) is 2.30. The van der Waals surface area contributed by atoms with Crippen LogP contribution in [0.3, 0.4) is 0 Å². The van der Waals surface area contributed by atoms with Crippen molar-refractivity contribution in [1.82, 2.24) is 4.98 Å². The Kier molecular flexibility index (Phi) is 3.44. The Hall–Kier alpha value is -1.81. The van der Waals surface area contributed by atoms with Gasteiger partial charge in [-0.2, -0.15) is 0 Å². The summed E-state index contributed by atoms with van der Waals surface area (Å²) >= 11 is 5.90. The maximum absolute atomic E-state index is 11.9. The number of anilines is 1. The first-order valence-corrected chi connectivity index (χ1v) is 5.58. The van der Waals surface area contributed by atoms with Gasteiger partial charge in [-0.05, 0) is 18.2 Å². The molecule has 17 heavy (non-hydrogen) atoms. The van der Waals surface area contributed by atoms with Gasteiger partial charge in [-0.25, -0.2) is 4.98 Å². The molecule has 1 N–H and O–H groups in total. The van der Waals surface area contributed by atoms with Crippen LogP contribution in [0.25, 0.3) is 0 Å². The number of nitrogens with one attached hydrogen (secondary N) is 1. The minimum atomic E-state index is -0.267. The lowest BCUT2D eigenvalue weighted by Gasteiger charge is -2.05. The molecule has 0 spiro atoms. The quantitative estimate of drug-likeness (QED) is 0.910. The Labute approximate surface area is 104 Å². The largest absolute Gasteiger partial charge is 0.469 e. The number of amides is 1. The first-order valence-electron chi connectivity index (χ1n) is 5.20. The number of rotatable bonds is 3. The molecular weight excluding hydrogens is 240 g/mol. The maximum Gasteiger partial charge on any atom is 0.260 e. The average Bonchev–Trinajstić information content (AvgIpc) is 2.80. The van der Waals surface area contributed by atoms with Gasteiger partial charge in [-0.1, -0.05) is 18.5 Å². The number of carbonyl (C=O) groups is 1. The van der Waals surface area contributed by atoms with Gasteiger partial charge in [0.25, 0.3) is 5.91 Å². The molecule has 0 aliphatic rings. The highest BCUT2D eigenvalue weighted by atomic mass is 35.5. The topological polar surface area (TPSA) is 55.1 Å². The minimum Gasteiger partial charge on any atom is -0.469 e. The van der Waals surface area contributed by atoms with Gasteiger partial charge in [-0.15, -0.1) is 0 Å². The molecule has 0 aliphatic carbocycles. The van der Waals surface area contributed by atoms with Crippen molar-refractivity contribution in [1.29, 1.82) is 0 Å². The summed E-state index contributed by atoms with van der Waals surface area (Å²) in [6.07, 6.45) is 3.72. The molecule has 4 nitrogen and oxygen atoms in total. The van der Waals surface area contributed by atoms with E-state index in [1.54, 1.807) is 24.4 Å². The van der Waals surface area contributed by atoms with Crippen molar-refractivity contribution in [2.45, 2.75) is 13.3 Å². The summed E-state index contributed by atoms with van der Waals surface area (Å²) < 4.78 is 5.19. The number of hydrogen-bond donors (Lipinski definition) is 1. The van der Waals surface area contributed by atoms with Crippen LogP contribution in [-0.4, -0.2) is 10.9 Å². The number of aryl methyl sites for hydroxylation is 1. The lowest BCUT2D eigenvalue weighted by atomic mass is 10.2. The monoisotopic (exact) mass is 250 g/mol. The number of pyridine rings is 1. The van der Waals surface area contributed by atoms with Crippen molar-refractivity contribution in [2.75, 3.05) is 5.32 Å². The van der Waals surface area contributed by atoms with Gasteiger partial charge in [0, 0.05) is 12.6 Å². The van der Waals surface area contributed by atoms with Gasteiger partial charge in [0.2, 0.25) is 0 Å². The number of nitrogens with zero attached hydrogens (tertiary/aromatic N) is 1. The van der Waals surface area contributed by atoms with Crippen molar-refractivity contribution in [3.05, 3.63) is 47.0 Å². The molecule has 0 fully saturated rings. The number of carbonyl (C=O) groups excluding carboxylic acids is 1. The molecule has 0 saturated carbocycles. The van der Waals surface area contributed by atoms with E-state index in [0.29, 0.717) is 28.6 Å². The summed E-state index contributed by atoms with van der Waals surface area (Å²) in [6, 6.07) is 5.00. The Bertz CT molecular complexity index is 537. The zero-order valence-electron chi connectivity index (χ0n) is 9.24. The highest BCUT2D eigenvalue weighted by Crippen LogP contribution is 2.19. The van der Waals surface area contributed by atoms with E-state index < -0.39 is 0 Å². The molecular formula is C12H11ClN2O2. The second-order valence-electron chi connectivity index (χ2n) is 3.40. The van der Waals surface area contributed by atoms with Crippen molar-refractivity contribution in [3.8, 4) is 0 Å². The third kappa shape index (κ3) is 2.47. The Morgan fingerprint density at radius 1 is 1.53 bits per heavy atom.